The van der Waals surface area contributed by atoms with E-state index in [1.165, 1.54) is 0 Å². The molecule has 0 saturated heterocycles. The van der Waals surface area contributed by atoms with E-state index in [2.05, 4.69) is 0 Å². The topological polar surface area (TPSA) is 110 Å². The normalized spacial score (nSPS) is 7.25. The molecule has 0 bridgehead atoms. The Bertz CT molecular complexity index is 95.6. The van der Waals surface area contributed by atoms with E-state index < -0.39 is 10.4 Å². The SMILES string of the molecule is O=S(=O)([O-])[O-].[Ca+2].[Cu+2].[OH-]. The largest absolute Gasteiger partial charge is 2.00 e. The van der Waals surface area contributed by atoms with Crippen LogP contribution in [0.2, 0.25) is 0 Å². The molecule has 0 spiro atoms. The summed E-state index contributed by atoms with van der Waals surface area (Å²) in [5.74, 6) is 0. The second-order valence-electron chi connectivity index (χ2n) is 0.408. The van der Waals surface area contributed by atoms with Crippen molar-refractivity contribution < 1.29 is 40.1 Å². The van der Waals surface area contributed by atoms with Crippen LogP contribution in [0.3, 0.4) is 0 Å². The average Bonchev–Trinajstić information content (AvgIpc) is 0.722. The van der Waals surface area contributed by atoms with Gasteiger partial charge in [0.25, 0.3) is 0 Å². The molecular weight excluding hydrogens is 216 g/mol. The molecule has 1 radical (unpaired) electrons. The summed E-state index contributed by atoms with van der Waals surface area (Å²) in [6, 6.07) is 0. The van der Waals surface area contributed by atoms with Crippen LogP contribution in [0.15, 0.2) is 0 Å². The number of rotatable bonds is 0. The van der Waals surface area contributed by atoms with Crippen LogP contribution >= 0.6 is 0 Å². The zero-order valence-corrected chi connectivity index (χ0v) is 7.46. The Morgan fingerprint density at radius 2 is 1.12 bits per heavy atom. The predicted molar refractivity (Wildman–Crippen MR) is 18.2 cm³/mol. The molecule has 0 aromatic rings. The van der Waals surface area contributed by atoms with Gasteiger partial charge in [-0.05, 0) is 0 Å². The molecule has 1 N–H and O–H groups in total. The van der Waals surface area contributed by atoms with E-state index >= 15 is 0 Å². The monoisotopic (exact) mass is 216 g/mol. The van der Waals surface area contributed by atoms with Crippen molar-refractivity contribution in [3.8, 4) is 0 Å². The quantitative estimate of drug-likeness (QED) is 0.267. The molecule has 5 nitrogen and oxygen atoms in total. The summed E-state index contributed by atoms with van der Waals surface area (Å²) in [6.07, 6.45) is 0. The van der Waals surface area contributed by atoms with Crippen LogP contribution in [0, 0.1) is 0 Å². The summed E-state index contributed by atoms with van der Waals surface area (Å²) >= 11 is 0. The fourth-order valence-corrected chi connectivity index (χ4v) is 0. The van der Waals surface area contributed by atoms with Gasteiger partial charge in [-0.3, -0.25) is 8.42 Å². The Balaban J connectivity index is -0.0000000267. The second-order valence-corrected chi connectivity index (χ2v) is 1.22. The van der Waals surface area contributed by atoms with Gasteiger partial charge >= 0.3 is 54.8 Å². The third-order valence-corrected chi connectivity index (χ3v) is 0. The van der Waals surface area contributed by atoms with Gasteiger partial charge in [-0.2, -0.15) is 0 Å². The molecule has 0 aliphatic heterocycles. The summed E-state index contributed by atoms with van der Waals surface area (Å²) in [5.41, 5.74) is 0. The van der Waals surface area contributed by atoms with Crippen molar-refractivity contribution in [3.05, 3.63) is 0 Å². The van der Waals surface area contributed by atoms with E-state index in [0.29, 0.717) is 0 Å². The zero-order valence-electron chi connectivity index (χ0n) is 3.50. The first-order valence-electron chi connectivity index (χ1n) is 0.667. The predicted octanol–water partition coefficient (Wildman–Crippen LogP) is -1.90. The summed E-state index contributed by atoms with van der Waals surface area (Å²) in [6.45, 7) is 0. The fourth-order valence-electron chi connectivity index (χ4n) is 0. The molecule has 0 heterocycles. The molecule has 8 heteroatoms. The average molecular weight is 217 g/mol. The van der Waals surface area contributed by atoms with Crippen LogP contribution in [0.4, 0.5) is 0 Å². The van der Waals surface area contributed by atoms with Crippen LogP contribution in [0.25, 0.3) is 0 Å². The molecule has 8 heavy (non-hydrogen) atoms. The minimum Gasteiger partial charge on any atom is -0.870 e. The van der Waals surface area contributed by atoms with Crippen molar-refractivity contribution in [1.29, 1.82) is 0 Å². The molecule has 0 aromatic carbocycles. The van der Waals surface area contributed by atoms with E-state index in [9.17, 15) is 0 Å². The van der Waals surface area contributed by atoms with Gasteiger partial charge in [0, 0.05) is 10.4 Å². The van der Waals surface area contributed by atoms with Gasteiger partial charge in [0.2, 0.25) is 0 Å². The molecule has 49 valence electrons. The zero-order chi connectivity index (χ0) is 4.50. The van der Waals surface area contributed by atoms with Gasteiger partial charge in [0.1, 0.15) is 0 Å². The van der Waals surface area contributed by atoms with Crippen molar-refractivity contribution in [2.24, 2.45) is 0 Å². The Hall–Kier alpha value is 1.61. The van der Waals surface area contributed by atoms with E-state index in [1.54, 1.807) is 0 Å². The molecule has 0 fully saturated rings. The van der Waals surface area contributed by atoms with Crippen LogP contribution in [0.5, 0.6) is 0 Å². The molecule has 0 amide bonds. The van der Waals surface area contributed by atoms with E-state index in [1.807, 2.05) is 0 Å². The second kappa shape index (κ2) is 8.61. The molecule has 0 rings (SSSR count). The standard InChI is InChI=1S/Ca.Cu.H2O4S.H2O/c;;1-5(2,3)4;/h;;(H2,1,2,3,4);1H2/q2*+2;;/p-3. The Morgan fingerprint density at radius 1 is 1.12 bits per heavy atom. The smallest absolute Gasteiger partial charge is 0.870 e. The third-order valence-electron chi connectivity index (χ3n) is 0. The van der Waals surface area contributed by atoms with Crippen molar-refractivity contribution in [3.63, 3.8) is 0 Å². The molecule has 0 aromatic heterocycles. The van der Waals surface area contributed by atoms with Crippen LogP contribution in [-0.4, -0.2) is 60.7 Å². The molecule has 0 unspecified atom stereocenters. The van der Waals surface area contributed by atoms with Crippen molar-refractivity contribution in [2.45, 2.75) is 0 Å². The minimum absolute atomic E-state index is 0. The van der Waals surface area contributed by atoms with Crippen molar-refractivity contribution >= 4 is 48.1 Å². The fraction of sp³-hybridized carbons (Fsp3) is 0. The van der Waals surface area contributed by atoms with E-state index in [0.717, 1.165) is 0 Å². The summed E-state index contributed by atoms with van der Waals surface area (Å²) in [7, 11) is -5.17. The maximum absolute atomic E-state index is 8.52. The first-order chi connectivity index (χ1) is 2.00. The Kier molecular flexibility index (Phi) is 24.4. The Labute approximate surface area is 87.2 Å². The number of hydrogen-bond acceptors (Lipinski definition) is 5. The van der Waals surface area contributed by atoms with Gasteiger partial charge in [0.05, 0.1) is 0 Å². The van der Waals surface area contributed by atoms with Gasteiger partial charge in [-0.1, -0.05) is 0 Å². The summed E-state index contributed by atoms with van der Waals surface area (Å²) in [5, 5.41) is 0. The Morgan fingerprint density at radius 3 is 1.12 bits per heavy atom. The van der Waals surface area contributed by atoms with Gasteiger partial charge < -0.3 is 14.6 Å². The maximum atomic E-state index is 8.52. The van der Waals surface area contributed by atoms with Gasteiger partial charge in [-0.25, -0.2) is 0 Å². The molecule has 0 saturated carbocycles. The first-order valence-corrected chi connectivity index (χ1v) is 2.00. The molecule has 0 atom stereocenters. The first kappa shape index (κ1) is 22.6. The minimum atomic E-state index is -5.17. The van der Waals surface area contributed by atoms with Crippen LogP contribution < -0.4 is 0 Å². The van der Waals surface area contributed by atoms with E-state index in [-0.39, 0.29) is 60.3 Å². The van der Waals surface area contributed by atoms with Crippen LogP contribution in [-0.2, 0) is 27.5 Å². The van der Waals surface area contributed by atoms with E-state index in [4.69, 9.17) is 17.5 Å². The number of hydrogen-bond donors (Lipinski definition) is 0. The van der Waals surface area contributed by atoms with Gasteiger partial charge in [0.15, 0.2) is 0 Å². The molecular formula is HCaCuO5S+. The molecule has 0 aliphatic carbocycles. The van der Waals surface area contributed by atoms with Crippen molar-refractivity contribution in [1.82, 2.24) is 0 Å². The van der Waals surface area contributed by atoms with Crippen LogP contribution in [0.1, 0.15) is 0 Å². The maximum Gasteiger partial charge on any atom is 2.00 e. The third kappa shape index (κ3) is 128. The molecule has 0 aliphatic rings. The van der Waals surface area contributed by atoms with Gasteiger partial charge in [-0.15, -0.1) is 0 Å². The summed E-state index contributed by atoms with van der Waals surface area (Å²) in [4.78, 5) is 0. The van der Waals surface area contributed by atoms with Crippen molar-refractivity contribution in [2.75, 3.05) is 0 Å². The summed E-state index contributed by atoms with van der Waals surface area (Å²) < 4.78 is 34.1.